The van der Waals surface area contributed by atoms with Crippen LogP contribution in [0.1, 0.15) is 97.8 Å². The molecule has 0 aliphatic heterocycles. The number of methoxy groups -OCH3 is 2. The van der Waals surface area contributed by atoms with Crippen molar-refractivity contribution in [2.75, 3.05) is 14.2 Å². The van der Waals surface area contributed by atoms with Gasteiger partial charge in [-0.3, -0.25) is 14.9 Å². The molecule has 2 rings (SSSR count). The first-order valence-corrected chi connectivity index (χ1v) is 12.9. The van der Waals surface area contributed by atoms with Crippen LogP contribution < -0.4 is 112 Å². The Hall–Kier alpha value is 0.743. The van der Waals surface area contributed by atoms with Gasteiger partial charge in [0, 0.05) is 40.4 Å². The van der Waals surface area contributed by atoms with Gasteiger partial charge in [-0.25, -0.2) is 8.78 Å². The molecule has 0 saturated heterocycles. The van der Waals surface area contributed by atoms with Gasteiger partial charge in [-0.1, -0.05) is 45.9 Å². The normalized spacial score (nSPS) is 16.4. The third-order valence-electron chi connectivity index (χ3n) is 5.45. The van der Waals surface area contributed by atoms with E-state index < -0.39 is 0 Å². The van der Waals surface area contributed by atoms with E-state index in [9.17, 15) is 23.7 Å². The number of halogens is 4. The van der Waals surface area contributed by atoms with Crippen molar-refractivity contribution >= 4 is 5.97 Å². The average molecular weight is 644 g/mol. The predicted molar refractivity (Wildman–Crippen MR) is 144 cm³/mol. The summed E-state index contributed by atoms with van der Waals surface area (Å²) in [5.74, 6) is 0.126. The zero-order valence-corrected chi connectivity index (χ0v) is 32.4. The Labute approximate surface area is 329 Å². The van der Waals surface area contributed by atoms with Crippen molar-refractivity contribution in [1.29, 1.82) is 0 Å². The van der Waals surface area contributed by atoms with Crippen LogP contribution in [-0.4, -0.2) is 37.3 Å². The number of esters is 1. The molecule has 0 heterocycles. The third kappa shape index (κ3) is 36.8. The summed E-state index contributed by atoms with van der Waals surface area (Å²) in [4.78, 5) is 20.3. The number of carbonyl (C=O) groups is 1. The summed E-state index contributed by atoms with van der Waals surface area (Å²) in [6.07, 6.45) is 13.2. The number of rotatable bonds is 10. The van der Waals surface area contributed by atoms with Crippen LogP contribution in [0.4, 0.5) is 8.78 Å². The topological polar surface area (TPSA) is 87.9 Å². The Morgan fingerprint density at radius 3 is 1.73 bits per heavy atom. The number of hydrogen-bond acceptors (Lipinski definition) is 6. The van der Waals surface area contributed by atoms with Gasteiger partial charge in [-0.15, -0.1) is 0 Å². The summed E-state index contributed by atoms with van der Waals surface area (Å²) in [7, 11) is 3.30. The van der Waals surface area contributed by atoms with Gasteiger partial charge >= 0.3 is 109 Å². The molecule has 0 spiro atoms. The van der Waals surface area contributed by atoms with Crippen LogP contribution in [0, 0.1) is 10.1 Å². The zero-order chi connectivity index (χ0) is 28.6. The van der Waals surface area contributed by atoms with Crippen molar-refractivity contribution in [3.8, 4) is 0 Å². The summed E-state index contributed by atoms with van der Waals surface area (Å²) in [5.41, 5.74) is 0.332. The maximum atomic E-state index is 12.3. The molecular weight excluding hydrogens is 597 g/mol. The molecule has 0 amide bonds. The first-order valence-electron chi connectivity index (χ1n) is 12.9. The Bertz CT molecular complexity index is 755. The standard InChI is InChI=1S/C8H14O2.C7H11FO.C7H11NO3.C6H11F.2FH.2K/c1-4-5-6-7(2)10-8(3)9;1-9-7-4-2-6(8)3-5-7;1-11-7-4-2-6(3-5-7)8(9)10;1-3-4-5-6(2)7;;;;/h2,4-6H2,1,3H3;2,7H,3-5H2,1H3;2,7H,3-5H2,1H3;2-5H2,1H3;2*1H;;/q;;;;;;2*+1/p-2/i;8-1;;7-1;2*1-1;;. The van der Waals surface area contributed by atoms with Gasteiger partial charge in [0.2, 0.25) is 5.70 Å². The van der Waals surface area contributed by atoms with E-state index in [1.54, 1.807) is 26.4 Å². The molecule has 230 valence electrons. The molecule has 0 bridgehead atoms. The molecule has 2 unspecified atom stereocenters. The van der Waals surface area contributed by atoms with Crippen molar-refractivity contribution in [3.05, 3.63) is 58.5 Å². The van der Waals surface area contributed by atoms with Gasteiger partial charge in [0.25, 0.3) is 0 Å². The SMILES string of the molecule is C=C(CCCC)OC(C)=O.C=C([18F])CCCC.COC1CC=C([18F])CC1.COC1CC=C([N+](=O)[O-])CC1.[18F-].[18F-].[K+].[K+]. The van der Waals surface area contributed by atoms with Crippen LogP contribution >= 0.6 is 0 Å². The summed E-state index contributed by atoms with van der Waals surface area (Å²) in [5, 5.41) is 10.2. The van der Waals surface area contributed by atoms with E-state index in [1.807, 2.05) is 6.92 Å². The van der Waals surface area contributed by atoms with Gasteiger partial charge in [-0.05, 0) is 51.0 Å². The molecule has 0 radical (unpaired) electrons. The molecule has 41 heavy (non-hydrogen) atoms. The van der Waals surface area contributed by atoms with Crippen LogP contribution in [-0.2, 0) is 19.0 Å². The van der Waals surface area contributed by atoms with Crippen LogP contribution in [0.2, 0.25) is 0 Å². The van der Waals surface area contributed by atoms with Crippen molar-refractivity contribution in [2.45, 2.75) is 110 Å². The third-order valence-corrected chi connectivity index (χ3v) is 5.45. The molecular formula is C28H47F4K2NO6. The Kier molecular flexibility index (Phi) is 48.9. The molecule has 13 heteroatoms. The second kappa shape index (κ2) is 36.9. The number of carbonyl (C=O) groups excluding carboxylic acids is 1. The van der Waals surface area contributed by atoms with Gasteiger partial charge in [0.05, 0.1) is 28.8 Å². The summed E-state index contributed by atoms with van der Waals surface area (Å²) >= 11 is 0. The van der Waals surface area contributed by atoms with E-state index in [1.165, 1.54) is 6.92 Å². The predicted octanol–water partition coefficient (Wildman–Crippen LogP) is -3.69. The van der Waals surface area contributed by atoms with Crippen LogP contribution in [0.3, 0.4) is 0 Å². The van der Waals surface area contributed by atoms with Gasteiger partial charge in [0.1, 0.15) is 5.76 Å². The minimum Gasteiger partial charge on any atom is -1.00 e. The quantitative estimate of drug-likeness (QED) is 0.0609. The van der Waals surface area contributed by atoms with Gasteiger partial charge < -0.3 is 23.6 Å². The maximum absolute atomic E-state index is 12.3. The molecule has 7 nitrogen and oxygen atoms in total. The molecule has 0 saturated carbocycles. The van der Waals surface area contributed by atoms with E-state index in [-0.39, 0.29) is 147 Å². The van der Waals surface area contributed by atoms with Crippen molar-refractivity contribution < 1.29 is 145 Å². The molecule has 0 N–H and O–H groups in total. The molecule has 2 atom stereocenters. The number of nitrogens with zero attached hydrogens (tertiary/aromatic N) is 1. The largest absolute Gasteiger partial charge is 1.00 e. The van der Waals surface area contributed by atoms with Crippen molar-refractivity contribution in [3.63, 3.8) is 0 Å². The van der Waals surface area contributed by atoms with E-state index in [2.05, 4.69) is 20.1 Å². The molecule has 0 aromatic carbocycles. The number of unbranched alkanes of at least 4 members (excludes halogenated alkanes) is 2. The van der Waals surface area contributed by atoms with E-state index in [4.69, 9.17) is 14.2 Å². The number of hydrogen-bond donors (Lipinski definition) is 0. The first kappa shape index (κ1) is 54.2. The smallest absolute Gasteiger partial charge is 1.00 e. The Morgan fingerprint density at radius 2 is 1.44 bits per heavy atom. The average Bonchev–Trinajstić information content (AvgIpc) is 2.87. The van der Waals surface area contributed by atoms with Crippen molar-refractivity contribution in [2.24, 2.45) is 0 Å². The van der Waals surface area contributed by atoms with E-state index in [0.717, 1.165) is 51.4 Å². The fourth-order valence-corrected chi connectivity index (χ4v) is 3.17. The first-order chi connectivity index (χ1) is 17.5. The summed E-state index contributed by atoms with van der Waals surface area (Å²) in [6.45, 7) is 12.2. The maximum Gasteiger partial charge on any atom is 1.00 e. The fraction of sp³-hybridized carbons (Fsp3) is 0.679. The molecule has 2 aliphatic carbocycles. The molecule has 0 aromatic heterocycles. The fourth-order valence-electron chi connectivity index (χ4n) is 3.17. The second-order valence-electron chi connectivity index (χ2n) is 8.72. The summed E-state index contributed by atoms with van der Waals surface area (Å²) < 4.78 is 38.8. The molecule has 0 aromatic rings. The summed E-state index contributed by atoms with van der Waals surface area (Å²) in [6, 6.07) is 0. The van der Waals surface area contributed by atoms with Crippen LogP contribution in [0.15, 0.2) is 48.4 Å². The Morgan fingerprint density at radius 1 is 0.976 bits per heavy atom. The number of nitro groups is 1. The number of ether oxygens (including phenoxy) is 3. The van der Waals surface area contributed by atoms with E-state index >= 15 is 0 Å². The van der Waals surface area contributed by atoms with Crippen molar-refractivity contribution in [1.82, 2.24) is 0 Å². The van der Waals surface area contributed by atoms with Crippen LogP contribution in [0.25, 0.3) is 0 Å². The monoisotopic (exact) mass is 643 g/mol. The molecule has 0 fully saturated rings. The zero-order valence-electron chi connectivity index (χ0n) is 26.1. The van der Waals surface area contributed by atoms with Gasteiger partial charge in [-0.2, -0.15) is 0 Å². The minimum absolute atomic E-state index is 0. The van der Waals surface area contributed by atoms with E-state index in [0.29, 0.717) is 37.1 Å². The van der Waals surface area contributed by atoms with Gasteiger partial charge in [0.15, 0.2) is 0 Å². The molecule has 2 aliphatic rings. The Balaban J connectivity index is -0.0000000975. The second-order valence-corrected chi connectivity index (χ2v) is 8.72. The number of allylic oxidation sites excluding steroid dienone is 4. The van der Waals surface area contributed by atoms with Crippen LogP contribution in [0.5, 0.6) is 0 Å². The minimum atomic E-state index is -0.314.